The van der Waals surface area contributed by atoms with Crippen LogP contribution in [0, 0.1) is 25.3 Å². The van der Waals surface area contributed by atoms with Gasteiger partial charge in [-0.15, -0.1) is 29.9 Å². The molecular weight excluding hydrogens is 906 g/mol. The van der Waals surface area contributed by atoms with Gasteiger partial charge in [0.2, 0.25) is 0 Å². The summed E-state index contributed by atoms with van der Waals surface area (Å²) in [6.45, 7) is 24.0. The van der Waals surface area contributed by atoms with Crippen molar-refractivity contribution in [3.63, 3.8) is 0 Å². The number of nitrogens with zero attached hydrogens (tertiary/aromatic N) is 5. The zero-order valence-corrected chi connectivity index (χ0v) is 38.5. The molecule has 4 aromatic heterocycles. The molecule has 6 nitrogen and oxygen atoms in total. The first kappa shape index (κ1) is 38.2. The van der Waals surface area contributed by atoms with Crippen LogP contribution in [0.25, 0.3) is 50.2 Å². The molecule has 0 N–H and O–H groups in total. The molecule has 4 aromatic carbocycles. The van der Waals surface area contributed by atoms with Gasteiger partial charge >= 0.3 is 0 Å². The van der Waals surface area contributed by atoms with E-state index < -0.39 is 6.85 Å². The van der Waals surface area contributed by atoms with Gasteiger partial charge in [-0.3, -0.25) is 14.1 Å². The summed E-state index contributed by atoms with van der Waals surface area (Å²) in [7, 11) is 0. The van der Waals surface area contributed by atoms with Crippen LogP contribution in [-0.4, -0.2) is 19.1 Å². The maximum absolute atomic E-state index is 8.49. The van der Waals surface area contributed by atoms with Crippen LogP contribution in [0.2, 0.25) is 0 Å². The van der Waals surface area contributed by atoms with E-state index in [9.17, 15) is 0 Å². The fraction of sp³-hybridized carbons (Fsp3) is 0.327. The number of hydrogen-bond donors (Lipinski definition) is 0. The van der Waals surface area contributed by atoms with E-state index in [4.69, 9.17) is 13.8 Å². The van der Waals surface area contributed by atoms with Gasteiger partial charge in [0.05, 0.1) is 22.5 Å². The minimum atomic E-state index is -2.53. The zero-order valence-electron chi connectivity index (χ0n) is 39.2. The van der Waals surface area contributed by atoms with Gasteiger partial charge < -0.3 is 9.30 Å². The zero-order chi connectivity index (χ0) is 44.0. The summed E-state index contributed by atoms with van der Waals surface area (Å²) >= 11 is 0. The molecule has 4 heterocycles. The molecular formula is C52H55N5OPt-2. The van der Waals surface area contributed by atoms with Crippen molar-refractivity contribution in [3.8, 4) is 28.8 Å². The second kappa shape index (κ2) is 14.9. The minimum Gasteiger partial charge on any atom is -0.521 e. The predicted molar refractivity (Wildman–Crippen MR) is 237 cm³/mol. The van der Waals surface area contributed by atoms with Crippen LogP contribution in [0.15, 0.2) is 97.3 Å². The van der Waals surface area contributed by atoms with Crippen molar-refractivity contribution in [1.29, 1.82) is 0 Å². The van der Waals surface area contributed by atoms with Crippen LogP contribution in [-0.2, 0) is 42.7 Å². The Morgan fingerprint density at radius 2 is 1.29 bits per heavy atom. The first-order valence-electron chi connectivity index (χ1n) is 21.6. The van der Waals surface area contributed by atoms with Crippen LogP contribution >= 0.6 is 0 Å². The average molecular weight is 964 g/mol. The Morgan fingerprint density at radius 1 is 0.644 bits per heavy atom. The molecule has 0 unspecified atom stereocenters. The number of para-hydroxylation sites is 2. The predicted octanol–water partition coefficient (Wildman–Crippen LogP) is 12.5. The van der Waals surface area contributed by atoms with Gasteiger partial charge in [0.1, 0.15) is 5.82 Å². The molecule has 8 rings (SSSR count). The van der Waals surface area contributed by atoms with Crippen LogP contribution < -0.4 is 9.30 Å². The van der Waals surface area contributed by atoms with Crippen LogP contribution in [0.5, 0.6) is 11.5 Å². The summed E-state index contributed by atoms with van der Waals surface area (Å²) in [5, 5.41) is 2.03. The van der Waals surface area contributed by atoms with E-state index >= 15 is 0 Å². The number of hydrogen-bond acceptors (Lipinski definition) is 3. The van der Waals surface area contributed by atoms with Crippen molar-refractivity contribution in [1.82, 2.24) is 19.1 Å². The number of ether oxygens (including phenoxy) is 1. The second-order valence-corrected chi connectivity index (χ2v) is 19.6. The smallest absolute Gasteiger partial charge is 0.269 e. The third-order valence-corrected chi connectivity index (χ3v) is 11.0. The number of aromatic nitrogens is 5. The van der Waals surface area contributed by atoms with Crippen LogP contribution in [0.3, 0.4) is 0 Å². The largest absolute Gasteiger partial charge is 0.521 e. The summed E-state index contributed by atoms with van der Waals surface area (Å²) in [5.41, 5.74) is 8.85. The van der Waals surface area contributed by atoms with Gasteiger partial charge in [0.25, 0.3) is 6.33 Å². The molecule has 306 valence electrons. The fourth-order valence-corrected chi connectivity index (χ4v) is 7.40. The second-order valence-electron chi connectivity index (χ2n) is 19.6. The van der Waals surface area contributed by atoms with Crippen molar-refractivity contribution in [2.45, 2.75) is 112 Å². The molecule has 0 aliphatic carbocycles. The van der Waals surface area contributed by atoms with Crippen molar-refractivity contribution < 1.29 is 34.5 Å². The summed E-state index contributed by atoms with van der Waals surface area (Å²) in [5.74, 6) is 1.48. The van der Waals surface area contributed by atoms with Crippen molar-refractivity contribution in [2.24, 2.45) is 0 Å². The summed E-state index contributed by atoms with van der Waals surface area (Å²) in [4.78, 5) is 9.56. The third kappa shape index (κ3) is 8.01. The summed E-state index contributed by atoms with van der Waals surface area (Å²) in [6, 6.07) is 36.2. The van der Waals surface area contributed by atoms with Gasteiger partial charge in [-0.2, -0.15) is 12.1 Å². The molecule has 0 fully saturated rings. The molecule has 7 heteroatoms. The molecule has 0 radical (unpaired) electrons. The van der Waals surface area contributed by atoms with Crippen LogP contribution in [0.1, 0.15) is 115 Å². The first-order chi connectivity index (χ1) is 28.4. The monoisotopic (exact) mass is 963 g/mol. The molecule has 8 aromatic rings. The maximum Gasteiger partial charge on any atom is 0.269 e. The third-order valence-electron chi connectivity index (χ3n) is 11.0. The summed E-state index contributed by atoms with van der Waals surface area (Å²) in [6.07, 6.45) is 6.77. The van der Waals surface area contributed by atoms with Gasteiger partial charge in [-0.25, -0.2) is 4.98 Å². The van der Waals surface area contributed by atoms with E-state index in [-0.39, 0.29) is 54.0 Å². The fourth-order valence-electron chi connectivity index (χ4n) is 7.40. The van der Waals surface area contributed by atoms with Crippen molar-refractivity contribution >= 4 is 32.8 Å². The van der Waals surface area contributed by atoms with Crippen molar-refractivity contribution in [3.05, 3.63) is 144 Å². The van der Waals surface area contributed by atoms with Gasteiger partial charge in [0.15, 0.2) is 0 Å². The van der Waals surface area contributed by atoms with E-state index in [2.05, 4.69) is 166 Å². The number of benzene rings is 4. The van der Waals surface area contributed by atoms with Gasteiger partial charge in [0, 0.05) is 42.6 Å². The Labute approximate surface area is 368 Å². The van der Waals surface area contributed by atoms with E-state index in [0.717, 1.165) is 49.9 Å². The molecule has 0 amide bonds. The van der Waals surface area contributed by atoms with Crippen molar-refractivity contribution in [2.75, 3.05) is 0 Å². The minimum absolute atomic E-state index is 0. The number of pyridine rings is 2. The molecule has 0 bridgehead atoms. The molecule has 0 spiro atoms. The number of aryl methyl sites for hydroxylation is 1. The quantitative estimate of drug-likeness (QED) is 0.128. The first-order valence-corrected chi connectivity index (χ1v) is 20.1. The molecule has 0 saturated heterocycles. The van der Waals surface area contributed by atoms with Crippen LogP contribution in [0.4, 0.5) is 0 Å². The molecule has 59 heavy (non-hydrogen) atoms. The van der Waals surface area contributed by atoms with E-state index in [1.165, 1.54) is 22.9 Å². The number of rotatable bonds is 5. The Morgan fingerprint density at radius 3 is 1.95 bits per heavy atom. The number of imidazole rings is 1. The van der Waals surface area contributed by atoms with Gasteiger partial charge in [-0.1, -0.05) is 137 Å². The Hall–Kier alpha value is -5.06. The Bertz CT molecular complexity index is 2950. The molecule has 0 aliphatic heterocycles. The Balaban J connectivity index is 0.00000578. The molecule has 0 atom stereocenters. The standard InChI is InChI=1S/C52H55N5O.Pt/c1-33-31-54-47(56-32-55(42-16-14-15-17-43(42)56)38-25-36(51(8,9)10)24-37(26-38)52(11,12)13)30-46(33)58-39-19-21-41-40-20-18-34(49(2,3)4)27-44(40)57(45(41)29-39)48-28-35(22-23-53-48)50(5,6)7;/h14-28,31H,1-13H3;/q-2;/i1D3;. The maximum atomic E-state index is 8.49. The summed E-state index contributed by atoms with van der Waals surface area (Å²) < 4.78 is 38.0. The normalized spacial score (nSPS) is 13.7. The topological polar surface area (TPSA) is 48.8 Å². The average Bonchev–Trinajstić information content (AvgIpc) is 3.72. The van der Waals surface area contributed by atoms with E-state index in [0.29, 0.717) is 11.6 Å². The SMILES string of the molecule is [2H]C([2H])([2H])c1cnc(-n2[c-][n+](-c3cc(C(C)(C)C)cc(C(C)(C)C)c3)c3ccccc32)[c-]c1Oc1[c-]c2c(cc1)c1ccc(C(C)(C)C)cc1n2-c1cc(C(C)(C)C)ccn1.[Pt]. The Kier molecular flexibility index (Phi) is 9.63. The van der Waals surface area contributed by atoms with E-state index in [1.54, 1.807) is 0 Å². The van der Waals surface area contributed by atoms with Gasteiger partial charge in [-0.05, 0) is 85.4 Å². The number of fused-ring (bicyclic) bond motifs is 4. The molecule has 0 saturated carbocycles. The molecule has 0 aliphatic rings. The van der Waals surface area contributed by atoms with E-state index in [1.807, 2.05) is 45.7 Å².